The number of hydrogen-bond acceptors (Lipinski definition) is 4. The largest absolute Gasteiger partial charge is 0.393 e. The lowest BCUT2D eigenvalue weighted by Crippen LogP contribution is -2.50. The molecule has 2 amide bonds. The number of hydrogen-bond donors (Lipinski definition) is 4. The van der Waals surface area contributed by atoms with E-state index in [2.05, 4.69) is 10.6 Å². The Morgan fingerprint density at radius 1 is 0.773 bits per heavy atom. The normalized spacial score (nSPS) is 39.1. The summed E-state index contributed by atoms with van der Waals surface area (Å²) in [6.07, 6.45) is 3.32. The topological polar surface area (TPSA) is 98.7 Å². The molecule has 0 aliphatic heterocycles. The molecule has 2 saturated carbocycles. The molecule has 6 nitrogen and oxygen atoms in total. The summed E-state index contributed by atoms with van der Waals surface area (Å²) < 4.78 is 0. The molecule has 0 bridgehead atoms. The van der Waals surface area contributed by atoms with E-state index in [-0.39, 0.29) is 35.7 Å². The standard InChI is InChI=1S/C16H28N2O4/c1-9(19)17-11-3-5-15(21)13(7-11)14-8-12(18-10(2)20)4-6-16(14)22/h11-16,21-22H,3-8H2,1-2H3,(H,17,19)(H,18,20). The Bertz CT molecular complexity index is 377. The number of rotatable bonds is 3. The highest BCUT2D eigenvalue weighted by Gasteiger charge is 2.41. The summed E-state index contributed by atoms with van der Waals surface area (Å²) in [5.41, 5.74) is 0. The highest BCUT2D eigenvalue weighted by Crippen LogP contribution is 2.39. The third kappa shape index (κ3) is 4.43. The number of aliphatic hydroxyl groups is 2. The van der Waals surface area contributed by atoms with E-state index in [4.69, 9.17) is 0 Å². The highest BCUT2D eigenvalue weighted by molar-refractivity contribution is 5.73. The molecule has 6 atom stereocenters. The van der Waals surface area contributed by atoms with E-state index in [1.54, 1.807) is 0 Å². The predicted octanol–water partition coefficient (Wildman–Crippen LogP) is 0.318. The van der Waals surface area contributed by atoms with Crippen molar-refractivity contribution in [2.24, 2.45) is 11.8 Å². The molecule has 0 saturated heterocycles. The third-order valence-electron chi connectivity index (χ3n) is 5.09. The van der Waals surface area contributed by atoms with E-state index in [1.807, 2.05) is 0 Å². The van der Waals surface area contributed by atoms with Gasteiger partial charge in [0, 0.05) is 25.9 Å². The van der Waals surface area contributed by atoms with E-state index in [1.165, 1.54) is 13.8 Å². The molecule has 0 aromatic rings. The van der Waals surface area contributed by atoms with Crippen molar-refractivity contribution in [1.29, 1.82) is 0 Å². The van der Waals surface area contributed by atoms with Crippen LogP contribution < -0.4 is 10.6 Å². The van der Waals surface area contributed by atoms with Gasteiger partial charge in [0.1, 0.15) is 0 Å². The molecule has 2 aliphatic rings. The Morgan fingerprint density at radius 2 is 1.14 bits per heavy atom. The molecular weight excluding hydrogens is 284 g/mol. The fourth-order valence-corrected chi connectivity index (χ4v) is 4.14. The summed E-state index contributed by atoms with van der Waals surface area (Å²) in [4.78, 5) is 22.5. The van der Waals surface area contributed by atoms with Crippen LogP contribution in [0.1, 0.15) is 52.4 Å². The van der Waals surface area contributed by atoms with Crippen molar-refractivity contribution in [1.82, 2.24) is 10.6 Å². The first-order valence-electron chi connectivity index (χ1n) is 8.27. The van der Waals surface area contributed by atoms with Crippen molar-refractivity contribution in [3.05, 3.63) is 0 Å². The van der Waals surface area contributed by atoms with E-state index in [0.717, 1.165) is 12.8 Å². The summed E-state index contributed by atoms with van der Waals surface area (Å²) in [7, 11) is 0. The Hall–Kier alpha value is -1.14. The van der Waals surface area contributed by atoms with Gasteiger partial charge in [-0.05, 0) is 50.4 Å². The van der Waals surface area contributed by atoms with Gasteiger partial charge in [0.2, 0.25) is 11.8 Å². The molecule has 0 spiro atoms. The Balaban J connectivity index is 2.02. The molecule has 22 heavy (non-hydrogen) atoms. The molecule has 4 N–H and O–H groups in total. The van der Waals surface area contributed by atoms with E-state index in [0.29, 0.717) is 25.7 Å². The van der Waals surface area contributed by atoms with Gasteiger partial charge >= 0.3 is 0 Å². The maximum absolute atomic E-state index is 11.2. The van der Waals surface area contributed by atoms with Crippen LogP contribution >= 0.6 is 0 Å². The van der Waals surface area contributed by atoms with Crippen LogP contribution in [0.2, 0.25) is 0 Å². The first-order valence-corrected chi connectivity index (χ1v) is 8.27. The van der Waals surface area contributed by atoms with Crippen LogP contribution in [-0.4, -0.2) is 46.3 Å². The van der Waals surface area contributed by atoms with E-state index in [9.17, 15) is 19.8 Å². The zero-order valence-corrected chi connectivity index (χ0v) is 13.4. The molecular formula is C16H28N2O4. The van der Waals surface area contributed by atoms with Crippen LogP contribution in [0, 0.1) is 11.8 Å². The fraction of sp³-hybridized carbons (Fsp3) is 0.875. The molecule has 126 valence electrons. The second-order valence-electron chi connectivity index (χ2n) is 6.88. The quantitative estimate of drug-likeness (QED) is 0.603. The average molecular weight is 312 g/mol. The van der Waals surface area contributed by atoms with Crippen LogP contribution in [-0.2, 0) is 9.59 Å². The predicted molar refractivity (Wildman–Crippen MR) is 81.9 cm³/mol. The van der Waals surface area contributed by atoms with Crippen LogP contribution in [0.3, 0.4) is 0 Å². The molecule has 6 heteroatoms. The summed E-state index contributed by atoms with van der Waals surface area (Å²) in [5, 5.41) is 26.6. The van der Waals surface area contributed by atoms with Crippen molar-refractivity contribution in [3.8, 4) is 0 Å². The fourth-order valence-electron chi connectivity index (χ4n) is 4.14. The van der Waals surface area contributed by atoms with Crippen LogP contribution in [0.15, 0.2) is 0 Å². The molecule has 2 rings (SSSR count). The van der Waals surface area contributed by atoms with Gasteiger partial charge in [-0.1, -0.05) is 0 Å². The Morgan fingerprint density at radius 3 is 1.45 bits per heavy atom. The second kappa shape index (κ2) is 7.42. The first-order chi connectivity index (χ1) is 10.4. The van der Waals surface area contributed by atoms with Gasteiger partial charge in [-0.25, -0.2) is 0 Å². The third-order valence-corrected chi connectivity index (χ3v) is 5.09. The first kappa shape index (κ1) is 17.2. The molecule has 2 fully saturated rings. The van der Waals surface area contributed by atoms with Gasteiger partial charge in [-0.3, -0.25) is 9.59 Å². The second-order valence-corrected chi connectivity index (χ2v) is 6.88. The van der Waals surface area contributed by atoms with Crippen LogP contribution in [0.4, 0.5) is 0 Å². The van der Waals surface area contributed by atoms with Gasteiger partial charge in [0.25, 0.3) is 0 Å². The maximum atomic E-state index is 11.2. The molecule has 0 radical (unpaired) electrons. The number of aliphatic hydroxyl groups excluding tert-OH is 2. The average Bonchev–Trinajstić information content (AvgIpc) is 2.42. The highest BCUT2D eigenvalue weighted by atomic mass is 16.3. The SMILES string of the molecule is CC(=O)NC1CCC(O)C(C2CC(NC(C)=O)CCC2O)C1. The van der Waals surface area contributed by atoms with Crippen molar-refractivity contribution in [2.75, 3.05) is 0 Å². The van der Waals surface area contributed by atoms with Gasteiger partial charge in [-0.2, -0.15) is 0 Å². The van der Waals surface area contributed by atoms with E-state index < -0.39 is 12.2 Å². The van der Waals surface area contributed by atoms with Crippen molar-refractivity contribution in [3.63, 3.8) is 0 Å². The van der Waals surface area contributed by atoms with Crippen molar-refractivity contribution in [2.45, 2.75) is 76.7 Å². The van der Waals surface area contributed by atoms with Gasteiger partial charge in [0.05, 0.1) is 12.2 Å². The monoisotopic (exact) mass is 312 g/mol. The zero-order chi connectivity index (χ0) is 16.3. The molecule has 6 unspecified atom stereocenters. The summed E-state index contributed by atoms with van der Waals surface area (Å²) in [6, 6.07) is 0.137. The lowest BCUT2D eigenvalue weighted by atomic mass is 9.68. The van der Waals surface area contributed by atoms with Crippen molar-refractivity contribution >= 4 is 11.8 Å². The Kier molecular flexibility index (Phi) is 5.81. The Labute approximate surface area is 131 Å². The van der Waals surface area contributed by atoms with E-state index >= 15 is 0 Å². The molecule has 2 aliphatic carbocycles. The zero-order valence-electron chi connectivity index (χ0n) is 13.4. The van der Waals surface area contributed by atoms with Gasteiger partial charge < -0.3 is 20.8 Å². The summed E-state index contributed by atoms with van der Waals surface area (Å²) in [5.74, 6) is -0.171. The minimum absolute atomic E-state index is 0.0304. The van der Waals surface area contributed by atoms with Gasteiger partial charge in [0.15, 0.2) is 0 Å². The van der Waals surface area contributed by atoms with Gasteiger partial charge in [-0.15, -0.1) is 0 Å². The molecule has 0 heterocycles. The summed E-state index contributed by atoms with van der Waals surface area (Å²) >= 11 is 0. The molecule has 0 aromatic heterocycles. The van der Waals surface area contributed by atoms with Crippen molar-refractivity contribution < 1.29 is 19.8 Å². The minimum Gasteiger partial charge on any atom is -0.393 e. The maximum Gasteiger partial charge on any atom is 0.217 e. The number of carbonyl (C=O) groups is 2. The number of carbonyl (C=O) groups excluding carboxylic acids is 2. The smallest absolute Gasteiger partial charge is 0.217 e. The lowest BCUT2D eigenvalue weighted by molar-refractivity contribution is -0.122. The minimum atomic E-state index is -0.444. The molecule has 0 aromatic carbocycles. The van der Waals surface area contributed by atoms with Crippen LogP contribution in [0.5, 0.6) is 0 Å². The lowest BCUT2D eigenvalue weighted by Gasteiger charge is -2.43. The number of nitrogens with one attached hydrogen (secondary N) is 2. The van der Waals surface area contributed by atoms with Crippen LogP contribution in [0.25, 0.3) is 0 Å². The summed E-state index contributed by atoms with van der Waals surface area (Å²) in [6.45, 7) is 3.00. The number of amides is 2.